The zero-order valence-corrected chi connectivity index (χ0v) is 23.8. The lowest BCUT2D eigenvalue weighted by Gasteiger charge is -2.20. The summed E-state index contributed by atoms with van der Waals surface area (Å²) in [6.45, 7) is 17.3. The number of nitrogens with one attached hydrogen (secondary N) is 2. The Kier molecular flexibility index (Phi) is 8.87. The number of benzene rings is 3. The van der Waals surface area contributed by atoms with Crippen LogP contribution in [0.3, 0.4) is 0 Å². The van der Waals surface area contributed by atoms with Gasteiger partial charge in [-0.1, -0.05) is 65.8 Å². The van der Waals surface area contributed by atoms with Crippen LogP contribution in [0.15, 0.2) is 60.7 Å². The maximum Gasteiger partial charge on any atom is 0.255 e. The highest BCUT2D eigenvalue weighted by Gasteiger charge is 2.19. The van der Waals surface area contributed by atoms with Gasteiger partial charge in [0.05, 0.1) is 24.6 Å². The highest BCUT2D eigenvalue weighted by molar-refractivity contribution is 6.07. The van der Waals surface area contributed by atoms with E-state index in [1.807, 2.05) is 62.4 Å². The van der Waals surface area contributed by atoms with Crippen molar-refractivity contribution in [3.63, 3.8) is 0 Å². The van der Waals surface area contributed by atoms with E-state index in [0.717, 1.165) is 11.1 Å². The van der Waals surface area contributed by atoms with Crippen molar-refractivity contribution >= 4 is 23.2 Å². The topological polar surface area (TPSA) is 76.7 Å². The van der Waals surface area contributed by atoms with Crippen LogP contribution < -0.4 is 20.1 Å². The van der Waals surface area contributed by atoms with E-state index in [1.165, 1.54) is 0 Å². The molecule has 6 nitrogen and oxygen atoms in total. The molecule has 0 radical (unpaired) electrons. The Hall–Kier alpha value is -3.80. The second-order valence-corrected chi connectivity index (χ2v) is 11.3. The fraction of sp³-hybridized carbons (Fsp3) is 0.375. The van der Waals surface area contributed by atoms with Crippen molar-refractivity contribution in [1.29, 1.82) is 0 Å². The van der Waals surface area contributed by atoms with Crippen LogP contribution in [0.1, 0.15) is 87.2 Å². The van der Waals surface area contributed by atoms with E-state index in [9.17, 15) is 9.59 Å². The second kappa shape index (κ2) is 11.7. The van der Waals surface area contributed by atoms with Crippen molar-refractivity contribution in [1.82, 2.24) is 0 Å². The minimum absolute atomic E-state index is 0.00156. The molecular weight excluding hydrogens is 476 g/mol. The van der Waals surface area contributed by atoms with Gasteiger partial charge >= 0.3 is 0 Å². The summed E-state index contributed by atoms with van der Waals surface area (Å²) >= 11 is 0. The molecule has 0 saturated carbocycles. The number of ether oxygens (including phenoxy) is 2. The summed E-state index contributed by atoms with van der Waals surface area (Å²) in [5.41, 5.74) is 4.30. The molecule has 0 unspecified atom stereocenters. The van der Waals surface area contributed by atoms with Gasteiger partial charge in [0.2, 0.25) is 0 Å². The third kappa shape index (κ3) is 7.15. The Labute approximate surface area is 226 Å². The summed E-state index contributed by atoms with van der Waals surface area (Å²) in [5.74, 6) is 0.358. The minimum atomic E-state index is -0.260. The number of rotatable bonds is 8. The van der Waals surface area contributed by atoms with E-state index in [0.29, 0.717) is 47.2 Å². The Morgan fingerprint density at radius 1 is 0.605 bits per heavy atom. The fourth-order valence-corrected chi connectivity index (χ4v) is 3.94. The van der Waals surface area contributed by atoms with Crippen LogP contribution in [0.5, 0.6) is 11.5 Å². The summed E-state index contributed by atoms with van der Waals surface area (Å²) in [5, 5.41) is 5.89. The Morgan fingerprint density at radius 3 is 1.18 bits per heavy atom. The predicted molar refractivity (Wildman–Crippen MR) is 155 cm³/mol. The molecule has 3 aromatic carbocycles. The largest absolute Gasteiger partial charge is 0.492 e. The Morgan fingerprint density at radius 2 is 0.921 bits per heavy atom. The van der Waals surface area contributed by atoms with Crippen molar-refractivity contribution in [2.75, 3.05) is 23.8 Å². The first-order valence-electron chi connectivity index (χ1n) is 13.1. The van der Waals surface area contributed by atoms with Gasteiger partial charge in [-0.15, -0.1) is 0 Å². The van der Waals surface area contributed by atoms with Crippen LogP contribution in [0.25, 0.3) is 0 Å². The highest BCUT2D eigenvalue weighted by Crippen LogP contribution is 2.37. The van der Waals surface area contributed by atoms with Gasteiger partial charge in [0.1, 0.15) is 11.5 Å². The summed E-state index contributed by atoms with van der Waals surface area (Å²) in [4.78, 5) is 26.1. The van der Waals surface area contributed by atoms with Crippen LogP contribution >= 0.6 is 0 Å². The summed E-state index contributed by atoms with van der Waals surface area (Å²) in [7, 11) is 0. The lowest BCUT2D eigenvalue weighted by Crippen LogP contribution is -2.17. The molecule has 0 bridgehead atoms. The smallest absolute Gasteiger partial charge is 0.255 e. The number of carbonyl (C=O) groups excluding carboxylic acids is 2. The molecule has 38 heavy (non-hydrogen) atoms. The van der Waals surface area contributed by atoms with E-state index < -0.39 is 0 Å². The number of hydrogen-bond acceptors (Lipinski definition) is 4. The molecule has 6 heteroatoms. The van der Waals surface area contributed by atoms with Crippen molar-refractivity contribution < 1.29 is 19.1 Å². The highest BCUT2D eigenvalue weighted by atomic mass is 16.5. The van der Waals surface area contributed by atoms with Crippen molar-refractivity contribution in [2.45, 2.75) is 66.2 Å². The van der Waals surface area contributed by atoms with Gasteiger partial charge in [0.25, 0.3) is 11.8 Å². The van der Waals surface area contributed by atoms with E-state index in [1.54, 1.807) is 12.1 Å². The van der Waals surface area contributed by atoms with Crippen LogP contribution in [0.2, 0.25) is 0 Å². The fourth-order valence-electron chi connectivity index (χ4n) is 3.94. The van der Waals surface area contributed by atoms with Gasteiger partial charge in [-0.05, 0) is 60.1 Å². The van der Waals surface area contributed by atoms with Crippen molar-refractivity contribution in [3.05, 3.63) is 82.9 Å². The molecular formula is C32H40N2O4. The van der Waals surface area contributed by atoms with Gasteiger partial charge in [-0.25, -0.2) is 0 Å². The molecule has 3 aromatic rings. The molecule has 0 saturated heterocycles. The van der Waals surface area contributed by atoms with Crippen molar-refractivity contribution in [2.24, 2.45) is 0 Å². The molecule has 0 fully saturated rings. The molecule has 202 valence electrons. The number of anilines is 2. The lowest BCUT2D eigenvalue weighted by molar-refractivity contribution is 0.101. The van der Waals surface area contributed by atoms with E-state index in [4.69, 9.17) is 9.47 Å². The average Bonchev–Trinajstić information content (AvgIpc) is 2.85. The van der Waals surface area contributed by atoms with Crippen LogP contribution in [-0.4, -0.2) is 25.0 Å². The van der Waals surface area contributed by atoms with Gasteiger partial charge < -0.3 is 20.1 Å². The third-order valence-electron chi connectivity index (χ3n) is 6.20. The van der Waals surface area contributed by atoms with Gasteiger partial charge in [0.15, 0.2) is 0 Å². The Balaban J connectivity index is 1.88. The van der Waals surface area contributed by atoms with Gasteiger partial charge in [-0.2, -0.15) is 0 Å². The first-order chi connectivity index (χ1) is 17.8. The van der Waals surface area contributed by atoms with Crippen LogP contribution in [0.4, 0.5) is 11.4 Å². The Bertz CT molecular complexity index is 1160. The van der Waals surface area contributed by atoms with Crippen LogP contribution in [0, 0.1) is 0 Å². The number of carbonyl (C=O) groups is 2. The van der Waals surface area contributed by atoms with E-state index in [-0.39, 0.29) is 22.6 Å². The molecule has 2 N–H and O–H groups in total. The van der Waals surface area contributed by atoms with Gasteiger partial charge in [0, 0.05) is 23.3 Å². The molecule has 0 aromatic heterocycles. The maximum absolute atomic E-state index is 13.1. The second-order valence-electron chi connectivity index (χ2n) is 11.3. The molecule has 0 aliphatic rings. The van der Waals surface area contributed by atoms with Gasteiger partial charge in [-0.3, -0.25) is 9.59 Å². The first-order valence-corrected chi connectivity index (χ1v) is 13.1. The molecule has 0 spiro atoms. The molecule has 0 aliphatic carbocycles. The van der Waals surface area contributed by atoms with E-state index in [2.05, 4.69) is 52.2 Å². The maximum atomic E-state index is 13.1. The molecule has 0 aliphatic heterocycles. The summed E-state index contributed by atoms with van der Waals surface area (Å²) in [6, 6.07) is 18.5. The minimum Gasteiger partial charge on any atom is -0.492 e. The predicted octanol–water partition coefficient (Wildman–Crippen LogP) is 7.58. The molecule has 2 amide bonds. The van der Waals surface area contributed by atoms with E-state index >= 15 is 0 Å². The molecule has 0 atom stereocenters. The summed E-state index contributed by atoms with van der Waals surface area (Å²) in [6.07, 6.45) is 0. The monoisotopic (exact) mass is 516 g/mol. The molecule has 0 heterocycles. The number of hydrogen-bond donors (Lipinski definition) is 2. The standard InChI is InChI=1S/C32H40N2O4/c1-9-37-27-19-26(34-30(36)22-13-17-24(18-14-22)32(6,7)8)28(38-10-2)20-25(27)33-29(35)21-11-15-23(16-12-21)31(3,4)5/h11-20H,9-10H2,1-8H3,(H,33,35)(H,34,36). The zero-order valence-electron chi connectivity index (χ0n) is 23.8. The zero-order chi connectivity index (χ0) is 28.1. The third-order valence-corrected chi connectivity index (χ3v) is 6.20. The molecule has 3 rings (SSSR count). The quantitative estimate of drug-likeness (QED) is 0.323. The first kappa shape index (κ1) is 28.8. The number of amides is 2. The SMILES string of the molecule is CCOc1cc(NC(=O)c2ccc(C(C)(C)C)cc2)c(OCC)cc1NC(=O)c1ccc(C(C)(C)C)cc1. The summed E-state index contributed by atoms with van der Waals surface area (Å²) < 4.78 is 11.7. The lowest BCUT2D eigenvalue weighted by atomic mass is 9.86. The average molecular weight is 517 g/mol. The van der Waals surface area contributed by atoms with Crippen molar-refractivity contribution in [3.8, 4) is 11.5 Å². The normalized spacial score (nSPS) is 11.6. The van der Waals surface area contributed by atoms with Crippen LogP contribution in [-0.2, 0) is 10.8 Å².